The quantitative estimate of drug-likeness (QED) is 0.188. The highest BCUT2D eigenvalue weighted by Gasteiger charge is 2.19. The molecule has 0 aliphatic heterocycles. The Labute approximate surface area is 299 Å². The highest BCUT2D eigenvalue weighted by atomic mass is 15.2. The summed E-state index contributed by atoms with van der Waals surface area (Å²) in [7, 11) is 0. The third kappa shape index (κ3) is 4.28. The molecule has 0 amide bonds. The van der Waals surface area contributed by atoms with Gasteiger partial charge in [0.25, 0.3) is 0 Å². The van der Waals surface area contributed by atoms with E-state index in [1.807, 2.05) is 12.3 Å². The van der Waals surface area contributed by atoms with Crippen LogP contribution in [0.25, 0.3) is 99.2 Å². The van der Waals surface area contributed by atoms with Crippen LogP contribution < -0.4 is 0 Å². The smallest absolute Gasteiger partial charge is 0.235 e. The molecule has 0 unspecified atom stereocenters. The molecule has 3 aromatic heterocycles. The average Bonchev–Trinajstić information content (AvgIpc) is 3.73. The van der Waals surface area contributed by atoms with Gasteiger partial charge in [0.1, 0.15) is 0 Å². The van der Waals surface area contributed by atoms with Crippen molar-refractivity contribution >= 4 is 65.3 Å². The molecule has 8 aromatic carbocycles. The van der Waals surface area contributed by atoms with Crippen LogP contribution in [0.3, 0.4) is 0 Å². The maximum Gasteiger partial charge on any atom is 0.235 e. The van der Waals surface area contributed by atoms with Gasteiger partial charge >= 0.3 is 0 Å². The monoisotopic (exact) mass is 662 g/mol. The van der Waals surface area contributed by atoms with Crippen LogP contribution in [0.4, 0.5) is 0 Å². The van der Waals surface area contributed by atoms with Crippen molar-refractivity contribution in [1.29, 1.82) is 0 Å². The lowest BCUT2D eigenvalue weighted by Crippen LogP contribution is -2.01. The van der Waals surface area contributed by atoms with E-state index in [-0.39, 0.29) is 0 Å². The Morgan fingerprint density at radius 1 is 0.385 bits per heavy atom. The Morgan fingerprint density at radius 3 is 1.87 bits per heavy atom. The van der Waals surface area contributed by atoms with Crippen molar-refractivity contribution in [2.45, 2.75) is 0 Å². The van der Waals surface area contributed by atoms with Crippen molar-refractivity contribution in [3.8, 4) is 33.9 Å². The lowest BCUT2D eigenvalue weighted by Gasteiger charge is -2.10. The van der Waals surface area contributed by atoms with Gasteiger partial charge in [0, 0.05) is 38.8 Å². The third-order valence-electron chi connectivity index (χ3n) is 10.6. The predicted molar refractivity (Wildman–Crippen MR) is 217 cm³/mol. The number of para-hydroxylation sites is 2. The fraction of sp³-hybridized carbons (Fsp3) is 0. The van der Waals surface area contributed by atoms with Crippen molar-refractivity contribution in [2.24, 2.45) is 0 Å². The minimum Gasteiger partial charge on any atom is -0.309 e. The number of hydrogen-bond acceptors (Lipinski definition) is 2. The maximum atomic E-state index is 5.20. The number of nitrogens with zero attached hydrogens (tertiary/aromatic N) is 4. The summed E-state index contributed by atoms with van der Waals surface area (Å²) in [5, 5.41) is 8.34. The molecular formula is C48H30N4. The van der Waals surface area contributed by atoms with Crippen LogP contribution in [-0.4, -0.2) is 19.1 Å². The number of fused-ring (bicyclic) bond motifs is 9. The molecule has 0 atom stereocenters. The number of hydrogen-bond donors (Lipinski definition) is 0. The van der Waals surface area contributed by atoms with Crippen LogP contribution in [0.1, 0.15) is 0 Å². The second kappa shape index (κ2) is 11.2. The lowest BCUT2D eigenvalue weighted by molar-refractivity contribution is 1.01. The summed E-state index contributed by atoms with van der Waals surface area (Å²) < 4.78 is 4.59. The molecule has 0 bridgehead atoms. The van der Waals surface area contributed by atoms with Crippen molar-refractivity contribution in [3.63, 3.8) is 0 Å². The maximum absolute atomic E-state index is 5.20. The van der Waals surface area contributed by atoms with Gasteiger partial charge in [-0.1, -0.05) is 121 Å². The molecular weight excluding hydrogens is 633 g/mol. The lowest BCUT2D eigenvalue weighted by atomic mass is 9.99. The van der Waals surface area contributed by atoms with Crippen LogP contribution in [0.5, 0.6) is 0 Å². The molecule has 0 saturated heterocycles. The molecule has 0 N–H and O–H groups in total. The highest BCUT2D eigenvalue weighted by Crippen LogP contribution is 2.40. The van der Waals surface area contributed by atoms with Crippen molar-refractivity contribution in [2.75, 3.05) is 0 Å². The molecule has 0 spiro atoms. The fourth-order valence-corrected chi connectivity index (χ4v) is 8.22. The Bertz CT molecular complexity index is 3170. The van der Waals surface area contributed by atoms with E-state index < -0.39 is 0 Å². The van der Waals surface area contributed by atoms with Gasteiger partial charge in [-0.3, -0.25) is 4.57 Å². The second-order valence-electron chi connectivity index (χ2n) is 13.4. The van der Waals surface area contributed by atoms with Gasteiger partial charge in [-0.25, -0.2) is 9.97 Å². The first kappa shape index (κ1) is 28.8. The van der Waals surface area contributed by atoms with E-state index in [0.29, 0.717) is 5.95 Å². The van der Waals surface area contributed by atoms with Gasteiger partial charge in [0.15, 0.2) is 0 Å². The largest absolute Gasteiger partial charge is 0.309 e. The number of aromatic nitrogens is 4. The first-order valence-electron chi connectivity index (χ1n) is 17.7. The highest BCUT2D eigenvalue weighted by molar-refractivity contribution is 6.22. The molecule has 4 nitrogen and oxygen atoms in total. The van der Waals surface area contributed by atoms with E-state index in [4.69, 9.17) is 9.97 Å². The molecule has 0 radical (unpaired) electrons. The molecule has 0 aliphatic rings. The standard InChI is InChI=1S/C48H30N4/c1-3-12-31(13-4-1)36-19-11-20-42-41(36)30-49-48(50-42)52-45-26-24-34(29-40(45)47-37-17-8-7-14-32(37)22-27-46(47)52)33-23-25-44-39(28-33)38-18-9-10-21-43(38)51(44)35-15-5-2-6-16-35/h1-30H. The van der Waals surface area contributed by atoms with E-state index in [9.17, 15) is 0 Å². The normalized spacial score (nSPS) is 11.8. The minimum atomic E-state index is 0.663. The minimum absolute atomic E-state index is 0.663. The summed E-state index contributed by atoms with van der Waals surface area (Å²) in [5.41, 5.74) is 11.3. The Morgan fingerprint density at radius 2 is 1.04 bits per heavy atom. The van der Waals surface area contributed by atoms with Gasteiger partial charge in [-0.2, -0.15) is 0 Å². The first-order chi connectivity index (χ1) is 25.8. The molecule has 0 saturated carbocycles. The molecule has 0 fully saturated rings. The van der Waals surface area contributed by atoms with Gasteiger partial charge < -0.3 is 4.57 Å². The topological polar surface area (TPSA) is 35.6 Å². The number of benzene rings is 8. The molecule has 242 valence electrons. The molecule has 0 aliphatic carbocycles. The number of rotatable bonds is 4. The second-order valence-corrected chi connectivity index (χ2v) is 13.4. The van der Waals surface area contributed by atoms with Crippen molar-refractivity contribution < 1.29 is 0 Å². The molecule has 11 rings (SSSR count). The zero-order valence-electron chi connectivity index (χ0n) is 28.1. The summed E-state index contributed by atoms with van der Waals surface area (Å²) in [6, 6.07) is 62.9. The fourth-order valence-electron chi connectivity index (χ4n) is 8.22. The van der Waals surface area contributed by atoms with Gasteiger partial charge in [-0.05, 0) is 87.6 Å². The van der Waals surface area contributed by atoms with E-state index >= 15 is 0 Å². The van der Waals surface area contributed by atoms with E-state index in [2.05, 4.69) is 179 Å². The summed E-state index contributed by atoms with van der Waals surface area (Å²) in [5.74, 6) is 0.663. The van der Waals surface area contributed by atoms with Crippen LogP contribution in [0.15, 0.2) is 182 Å². The molecule has 4 heteroatoms. The van der Waals surface area contributed by atoms with Crippen LogP contribution >= 0.6 is 0 Å². The van der Waals surface area contributed by atoms with E-state index in [1.54, 1.807) is 0 Å². The average molecular weight is 663 g/mol. The summed E-state index contributed by atoms with van der Waals surface area (Å²) in [6.07, 6.45) is 1.98. The Kier molecular flexibility index (Phi) is 6.22. The van der Waals surface area contributed by atoms with Crippen LogP contribution in [-0.2, 0) is 0 Å². The molecule has 52 heavy (non-hydrogen) atoms. The SMILES string of the molecule is c1ccc(-c2cccc3nc(-n4c5ccc(-c6ccc7c(c6)c6ccccc6n7-c6ccccc6)cc5c5c6ccccc6ccc54)ncc23)cc1. The zero-order chi connectivity index (χ0) is 34.2. The predicted octanol–water partition coefficient (Wildman–Crippen LogP) is 12.3. The molecule has 3 heterocycles. The van der Waals surface area contributed by atoms with E-state index in [1.165, 1.54) is 54.5 Å². The third-order valence-corrected chi connectivity index (χ3v) is 10.6. The summed E-state index contributed by atoms with van der Waals surface area (Å²) in [6.45, 7) is 0. The van der Waals surface area contributed by atoms with Crippen molar-refractivity contribution in [3.05, 3.63) is 182 Å². The van der Waals surface area contributed by atoms with Gasteiger partial charge in [0.05, 0.1) is 27.6 Å². The van der Waals surface area contributed by atoms with E-state index in [0.717, 1.165) is 38.8 Å². The van der Waals surface area contributed by atoms with Gasteiger partial charge in [0.2, 0.25) is 5.95 Å². The Balaban J connectivity index is 1.13. The first-order valence-corrected chi connectivity index (χ1v) is 17.7. The Hall–Kier alpha value is -7.04. The summed E-state index contributed by atoms with van der Waals surface area (Å²) in [4.78, 5) is 10.2. The van der Waals surface area contributed by atoms with Gasteiger partial charge in [-0.15, -0.1) is 0 Å². The molecule has 11 aromatic rings. The van der Waals surface area contributed by atoms with Crippen LogP contribution in [0.2, 0.25) is 0 Å². The zero-order valence-corrected chi connectivity index (χ0v) is 28.1. The van der Waals surface area contributed by atoms with Crippen LogP contribution in [0, 0.1) is 0 Å². The summed E-state index contributed by atoms with van der Waals surface area (Å²) >= 11 is 0. The van der Waals surface area contributed by atoms with Crippen molar-refractivity contribution in [1.82, 2.24) is 19.1 Å².